The van der Waals surface area contributed by atoms with Crippen LogP contribution in [0.1, 0.15) is 43.0 Å². The number of aromatic nitrogens is 1. The van der Waals surface area contributed by atoms with Crippen LogP contribution in [0, 0.1) is 6.92 Å². The maximum absolute atomic E-state index is 13.0. The number of hydrogen-bond donors (Lipinski definition) is 1. The van der Waals surface area contributed by atoms with Gasteiger partial charge in [-0.3, -0.25) is 14.6 Å². The molecule has 1 aromatic heterocycles. The van der Waals surface area contributed by atoms with Crippen LogP contribution >= 0.6 is 0 Å². The van der Waals surface area contributed by atoms with Gasteiger partial charge in [0.1, 0.15) is 5.76 Å². The van der Waals surface area contributed by atoms with Crippen molar-refractivity contribution in [3.8, 4) is 0 Å². The first kappa shape index (κ1) is 21.7. The van der Waals surface area contributed by atoms with Crippen LogP contribution in [0.2, 0.25) is 0 Å². The van der Waals surface area contributed by atoms with E-state index in [-0.39, 0.29) is 11.3 Å². The van der Waals surface area contributed by atoms with Gasteiger partial charge in [0.15, 0.2) is 0 Å². The number of aliphatic hydroxyl groups excluding tert-OH is 1. The fourth-order valence-electron chi connectivity index (χ4n) is 3.87. The van der Waals surface area contributed by atoms with Gasteiger partial charge in [-0.15, -0.1) is 0 Å². The highest BCUT2D eigenvalue weighted by Crippen LogP contribution is 2.39. The number of aliphatic hydroxyl groups is 1. The van der Waals surface area contributed by atoms with E-state index in [4.69, 9.17) is 0 Å². The SMILES string of the molecule is CCN(CC)CCCN1C(=O)C(=O)/C(=C(/O)c2ccc(C)cc2)[C@@H]1c1cccnc1. The molecule has 1 aromatic carbocycles. The zero-order valence-corrected chi connectivity index (χ0v) is 17.8. The minimum Gasteiger partial charge on any atom is -0.507 e. The molecule has 0 spiro atoms. The first-order valence-electron chi connectivity index (χ1n) is 10.5. The molecule has 1 saturated heterocycles. The van der Waals surface area contributed by atoms with Crippen molar-refractivity contribution in [2.75, 3.05) is 26.2 Å². The summed E-state index contributed by atoms with van der Waals surface area (Å²) in [7, 11) is 0. The summed E-state index contributed by atoms with van der Waals surface area (Å²) in [6.07, 6.45) is 4.04. The minimum atomic E-state index is -0.648. The monoisotopic (exact) mass is 407 g/mol. The molecule has 3 rings (SSSR count). The van der Waals surface area contributed by atoms with Gasteiger partial charge >= 0.3 is 0 Å². The van der Waals surface area contributed by atoms with Crippen molar-refractivity contribution in [3.63, 3.8) is 0 Å². The van der Waals surface area contributed by atoms with Crippen molar-refractivity contribution in [2.24, 2.45) is 0 Å². The number of likely N-dealkylation sites (tertiary alicyclic amines) is 1. The largest absolute Gasteiger partial charge is 0.507 e. The first-order chi connectivity index (χ1) is 14.5. The third-order valence-electron chi connectivity index (χ3n) is 5.63. The molecule has 0 aliphatic carbocycles. The third kappa shape index (κ3) is 4.44. The summed E-state index contributed by atoms with van der Waals surface area (Å²) in [6.45, 7) is 9.32. The molecule has 0 bridgehead atoms. The lowest BCUT2D eigenvalue weighted by Crippen LogP contribution is -2.33. The van der Waals surface area contributed by atoms with Crippen LogP contribution in [0.15, 0.2) is 54.4 Å². The summed E-state index contributed by atoms with van der Waals surface area (Å²) in [6, 6.07) is 10.2. The number of amides is 1. The summed E-state index contributed by atoms with van der Waals surface area (Å²) in [5, 5.41) is 11.0. The number of pyridine rings is 1. The Hall–Kier alpha value is -2.99. The van der Waals surface area contributed by atoms with E-state index in [2.05, 4.69) is 23.7 Å². The molecule has 0 radical (unpaired) electrons. The van der Waals surface area contributed by atoms with Crippen molar-refractivity contribution < 1.29 is 14.7 Å². The van der Waals surface area contributed by atoms with Gasteiger partial charge in [0.25, 0.3) is 11.7 Å². The van der Waals surface area contributed by atoms with E-state index in [0.717, 1.165) is 31.6 Å². The van der Waals surface area contributed by atoms with Crippen LogP contribution in [0.4, 0.5) is 0 Å². The summed E-state index contributed by atoms with van der Waals surface area (Å²) >= 11 is 0. The maximum Gasteiger partial charge on any atom is 0.295 e. The summed E-state index contributed by atoms with van der Waals surface area (Å²) in [5.41, 5.74) is 2.41. The molecule has 1 atom stereocenters. The number of aryl methyl sites for hydroxylation is 1. The Morgan fingerprint density at radius 1 is 1.13 bits per heavy atom. The van der Waals surface area contributed by atoms with Crippen molar-refractivity contribution in [1.82, 2.24) is 14.8 Å². The van der Waals surface area contributed by atoms with Gasteiger partial charge in [0, 0.05) is 24.5 Å². The fourth-order valence-corrected chi connectivity index (χ4v) is 3.87. The fraction of sp³-hybridized carbons (Fsp3) is 0.375. The number of nitrogens with zero attached hydrogens (tertiary/aromatic N) is 3. The highest BCUT2D eigenvalue weighted by molar-refractivity contribution is 6.46. The van der Waals surface area contributed by atoms with Crippen LogP contribution in [-0.2, 0) is 9.59 Å². The second kappa shape index (κ2) is 9.67. The van der Waals surface area contributed by atoms with Crippen molar-refractivity contribution in [1.29, 1.82) is 0 Å². The lowest BCUT2D eigenvalue weighted by atomic mass is 9.96. The Balaban J connectivity index is 1.99. The number of rotatable bonds is 8. The summed E-state index contributed by atoms with van der Waals surface area (Å²) < 4.78 is 0. The van der Waals surface area contributed by atoms with E-state index in [1.54, 1.807) is 35.5 Å². The molecule has 1 amide bonds. The second-order valence-corrected chi connectivity index (χ2v) is 7.53. The Bertz CT molecular complexity index is 918. The van der Waals surface area contributed by atoms with Gasteiger partial charge in [-0.2, -0.15) is 0 Å². The zero-order chi connectivity index (χ0) is 21.7. The van der Waals surface area contributed by atoms with Crippen LogP contribution in [-0.4, -0.2) is 57.8 Å². The number of carbonyl (C=O) groups excluding carboxylic acids is 2. The highest BCUT2D eigenvalue weighted by Gasteiger charge is 2.45. The number of hydrogen-bond acceptors (Lipinski definition) is 5. The third-order valence-corrected chi connectivity index (χ3v) is 5.63. The van der Waals surface area contributed by atoms with E-state index < -0.39 is 17.7 Å². The predicted molar refractivity (Wildman–Crippen MR) is 117 cm³/mol. The van der Waals surface area contributed by atoms with Crippen LogP contribution < -0.4 is 0 Å². The average Bonchev–Trinajstić information content (AvgIpc) is 3.02. The number of Topliss-reactive ketones (excluding diaryl/α,β-unsaturated/α-hetero) is 1. The second-order valence-electron chi connectivity index (χ2n) is 7.53. The van der Waals surface area contributed by atoms with Crippen molar-refractivity contribution >= 4 is 17.4 Å². The molecule has 2 heterocycles. The van der Waals surface area contributed by atoms with Gasteiger partial charge in [-0.05, 0) is 44.6 Å². The van der Waals surface area contributed by atoms with E-state index in [9.17, 15) is 14.7 Å². The van der Waals surface area contributed by atoms with Crippen LogP contribution in [0.25, 0.3) is 5.76 Å². The van der Waals surface area contributed by atoms with E-state index in [1.165, 1.54) is 0 Å². The molecule has 0 unspecified atom stereocenters. The molecular formula is C24H29N3O3. The Morgan fingerprint density at radius 2 is 1.83 bits per heavy atom. The van der Waals surface area contributed by atoms with Gasteiger partial charge in [-0.25, -0.2) is 0 Å². The normalized spacial score (nSPS) is 18.4. The van der Waals surface area contributed by atoms with Crippen molar-refractivity contribution in [3.05, 3.63) is 71.1 Å². The smallest absolute Gasteiger partial charge is 0.295 e. The molecule has 6 heteroatoms. The molecule has 1 aliphatic rings. The zero-order valence-electron chi connectivity index (χ0n) is 17.8. The quantitative estimate of drug-likeness (QED) is 0.412. The molecule has 158 valence electrons. The molecule has 6 nitrogen and oxygen atoms in total. The van der Waals surface area contributed by atoms with Gasteiger partial charge < -0.3 is 14.9 Å². The summed E-state index contributed by atoms with van der Waals surface area (Å²) in [5.74, 6) is -1.37. The number of benzene rings is 1. The molecule has 1 aliphatic heterocycles. The number of ketones is 1. The Labute approximate surface area is 177 Å². The Morgan fingerprint density at radius 3 is 2.43 bits per heavy atom. The van der Waals surface area contributed by atoms with E-state index in [0.29, 0.717) is 17.7 Å². The number of carbonyl (C=O) groups is 2. The highest BCUT2D eigenvalue weighted by atomic mass is 16.3. The molecule has 2 aromatic rings. The predicted octanol–water partition coefficient (Wildman–Crippen LogP) is 3.54. The maximum atomic E-state index is 13.0. The minimum absolute atomic E-state index is 0.125. The Kier molecular flexibility index (Phi) is 7.00. The molecule has 1 N–H and O–H groups in total. The van der Waals surface area contributed by atoms with Crippen LogP contribution in [0.5, 0.6) is 0 Å². The average molecular weight is 408 g/mol. The molecular weight excluding hydrogens is 378 g/mol. The van der Waals surface area contributed by atoms with Gasteiger partial charge in [-0.1, -0.05) is 49.7 Å². The van der Waals surface area contributed by atoms with E-state index >= 15 is 0 Å². The molecule has 30 heavy (non-hydrogen) atoms. The van der Waals surface area contributed by atoms with E-state index in [1.807, 2.05) is 25.1 Å². The molecule has 0 saturated carbocycles. The topological polar surface area (TPSA) is 73.7 Å². The standard InChI is InChI=1S/C24H29N3O3/c1-4-26(5-2)14-7-15-27-21(19-8-6-13-25-16-19)20(23(29)24(27)30)22(28)18-11-9-17(3)10-12-18/h6,8-13,16,21,28H,4-5,7,14-15H2,1-3H3/b22-20+/t21-/m0/s1. The van der Waals surface area contributed by atoms with Crippen LogP contribution in [0.3, 0.4) is 0 Å². The molecule has 1 fully saturated rings. The van der Waals surface area contributed by atoms with Gasteiger partial charge in [0.05, 0.1) is 11.6 Å². The first-order valence-corrected chi connectivity index (χ1v) is 10.5. The van der Waals surface area contributed by atoms with Gasteiger partial charge in [0.2, 0.25) is 0 Å². The lowest BCUT2D eigenvalue weighted by molar-refractivity contribution is -0.140. The summed E-state index contributed by atoms with van der Waals surface area (Å²) in [4.78, 5) is 33.9. The lowest BCUT2D eigenvalue weighted by Gasteiger charge is -2.26. The van der Waals surface area contributed by atoms with Crippen molar-refractivity contribution in [2.45, 2.75) is 33.2 Å².